The summed E-state index contributed by atoms with van der Waals surface area (Å²) >= 11 is 0. The molecule has 2 aliphatic carbocycles. The molecule has 0 heterocycles. The van der Waals surface area contributed by atoms with Crippen molar-refractivity contribution in [1.29, 1.82) is 0 Å². The molecule has 0 aromatic rings. The molecule has 2 rings (SSSR count). The molecular weight excluding hydrogens is 216 g/mol. The summed E-state index contributed by atoms with van der Waals surface area (Å²) in [6, 6.07) is 0. The van der Waals surface area contributed by atoms with Crippen LogP contribution in [-0.4, -0.2) is 21.8 Å². The lowest BCUT2D eigenvalue weighted by atomic mass is 9.74. The van der Waals surface area contributed by atoms with Gasteiger partial charge in [-0.05, 0) is 44.4 Å². The Balaban J connectivity index is 2.10. The molecule has 2 N–H and O–H groups in total. The molecule has 0 spiro atoms. The van der Waals surface area contributed by atoms with Gasteiger partial charge in [0.05, 0.1) is 11.0 Å². The van der Waals surface area contributed by atoms with Crippen molar-refractivity contribution in [2.45, 2.75) is 70.3 Å². The average molecular weight is 240 g/mol. The standard InChI is InChI=1S/C14H24O3/c1-2-11-5-8-13(9-11,12(15)16)10-14(17)6-3-4-7-14/h11,17H,2-10H2,1H3,(H,15,16). The maximum Gasteiger partial charge on any atom is 0.309 e. The fourth-order valence-corrected chi connectivity index (χ4v) is 3.86. The molecular formula is C14H24O3. The third kappa shape index (κ3) is 2.49. The van der Waals surface area contributed by atoms with E-state index in [0.717, 1.165) is 51.4 Å². The van der Waals surface area contributed by atoms with Crippen LogP contribution in [0.1, 0.15) is 64.7 Å². The maximum absolute atomic E-state index is 11.6. The van der Waals surface area contributed by atoms with Crippen LogP contribution in [0.3, 0.4) is 0 Å². The largest absolute Gasteiger partial charge is 0.481 e. The number of rotatable bonds is 4. The zero-order valence-electron chi connectivity index (χ0n) is 10.7. The van der Waals surface area contributed by atoms with Gasteiger partial charge in [-0.2, -0.15) is 0 Å². The molecule has 0 aromatic carbocycles. The highest BCUT2D eigenvalue weighted by molar-refractivity contribution is 5.75. The summed E-state index contributed by atoms with van der Waals surface area (Å²) in [5.74, 6) is -0.148. The Morgan fingerprint density at radius 3 is 2.41 bits per heavy atom. The van der Waals surface area contributed by atoms with Gasteiger partial charge >= 0.3 is 5.97 Å². The second-order valence-electron chi connectivity index (χ2n) is 6.21. The molecule has 0 amide bonds. The minimum Gasteiger partial charge on any atom is -0.481 e. The van der Waals surface area contributed by atoms with E-state index in [4.69, 9.17) is 0 Å². The minimum absolute atomic E-state index is 0.478. The third-order valence-corrected chi connectivity index (χ3v) is 4.94. The molecule has 0 aliphatic heterocycles. The van der Waals surface area contributed by atoms with Crippen LogP contribution in [0.15, 0.2) is 0 Å². The van der Waals surface area contributed by atoms with E-state index in [-0.39, 0.29) is 0 Å². The Hall–Kier alpha value is -0.570. The van der Waals surface area contributed by atoms with Crippen LogP contribution in [0.4, 0.5) is 0 Å². The lowest BCUT2D eigenvalue weighted by Crippen LogP contribution is -2.38. The van der Waals surface area contributed by atoms with Crippen molar-refractivity contribution >= 4 is 5.97 Å². The van der Waals surface area contributed by atoms with E-state index in [1.165, 1.54) is 0 Å². The van der Waals surface area contributed by atoms with Crippen LogP contribution in [0.5, 0.6) is 0 Å². The summed E-state index contributed by atoms with van der Waals surface area (Å²) in [5.41, 5.74) is -1.33. The number of carboxylic acids is 1. The molecule has 2 aliphatic rings. The van der Waals surface area contributed by atoms with Gasteiger partial charge in [0, 0.05) is 0 Å². The highest BCUT2D eigenvalue weighted by atomic mass is 16.4. The third-order valence-electron chi connectivity index (χ3n) is 4.94. The van der Waals surface area contributed by atoms with Crippen molar-refractivity contribution in [3.05, 3.63) is 0 Å². The summed E-state index contributed by atoms with van der Waals surface area (Å²) in [4.78, 5) is 11.6. The quantitative estimate of drug-likeness (QED) is 0.794. The monoisotopic (exact) mass is 240 g/mol. The molecule has 3 heteroatoms. The normalized spacial score (nSPS) is 36.2. The first kappa shape index (κ1) is 12.9. The predicted octanol–water partition coefficient (Wildman–Crippen LogP) is 2.96. The van der Waals surface area contributed by atoms with Crippen LogP contribution in [0.25, 0.3) is 0 Å². The first-order chi connectivity index (χ1) is 8.00. The van der Waals surface area contributed by atoms with Gasteiger partial charge in [0.15, 0.2) is 0 Å². The molecule has 0 saturated heterocycles. The number of hydrogen-bond donors (Lipinski definition) is 2. The molecule has 2 unspecified atom stereocenters. The van der Waals surface area contributed by atoms with Crippen molar-refractivity contribution < 1.29 is 15.0 Å². The van der Waals surface area contributed by atoms with Crippen molar-refractivity contribution in [1.82, 2.24) is 0 Å². The second-order valence-corrected chi connectivity index (χ2v) is 6.21. The van der Waals surface area contributed by atoms with Crippen molar-refractivity contribution in [3.8, 4) is 0 Å². The fraction of sp³-hybridized carbons (Fsp3) is 0.929. The Labute approximate surface area is 103 Å². The number of carboxylic acid groups (broad SMARTS) is 1. The van der Waals surface area contributed by atoms with Crippen LogP contribution in [-0.2, 0) is 4.79 Å². The van der Waals surface area contributed by atoms with Crippen LogP contribution < -0.4 is 0 Å². The lowest BCUT2D eigenvalue weighted by molar-refractivity contribution is -0.153. The fourth-order valence-electron chi connectivity index (χ4n) is 3.86. The zero-order chi connectivity index (χ0) is 12.5. The van der Waals surface area contributed by atoms with E-state index in [1.54, 1.807) is 0 Å². The Morgan fingerprint density at radius 2 is 1.94 bits per heavy atom. The average Bonchev–Trinajstić information content (AvgIpc) is 2.86. The zero-order valence-corrected chi connectivity index (χ0v) is 10.7. The molecule has 2 atom stereocenters. The molecule has 17 heavy (non-hydrogen) atoms. The van der Waals surface area contributed by atoms with Gasteiger partial charge in [-0.15, -0.1) is 0 Å². The number of carbonyl (C=O) groups is 1. The molecule has 98 valence electrons. The summed E-state index contributed by atoms with van der Waals surface area (Å²) in [6.45, 7) is 2.13. The summed E-state index contributed by atoms with van der Waals surface area (Å²) in [5, 5.41) is 20.0. The first-order valence-electron chi connectivity index (χ1n) is 6.95. The van der Waals surface area contributed by atoms with E-state index in [0.29, 0.717) is 12.3 Å². The maximum atomic E-state index is 11.6. The van der Waals surface area contributed by atoms with E-state index in [2.05, 4.69) is 6.92 Å². The molecule has 3 nitrogen and oxygen atoms in total. The van der Waals surface area contributed by atoms with Gasteiger partial charge < -0.3 is 10.2 Å². The van der Waals surface area contributed by atoms with Crippen LogP contribution >= 0.6 is 0 Å². The number of aliphatic carboxylic acids is 1. The number of hydrogen-bond acceptors (Lipinski definition) is 2. The predicted molar refractivity (Wildman–Crippen MR) is 65.7 cm³/mol. The van der Waals surface area contributed by atoms with Crippen molar-refractivity contribution in [3.63, 3.8) is 0 Å². The van der Waals surface area contributed by atoms with Crippen molar-refractivity contribution in [2.24, 2.45) is 11.3 Å². The van der Waals surface area contributed by atoms with Gasteiger partial charge in [0.2, 0.25) is 0 Å². The highest BCUT2D eigenvalue weighted by Gasteiger charge is 2.50. The summed E-state index contributed by atoms with van der Waals surface area (Å²) in [6.07, 6.45) is 7.74. The summed E-state index contributed by atoms with van der Waals surface area (Å²) < 4.78 is 0. The summed E-state index contributed by atoms with van der Waals surface area (Å²) in [7, 11) is 0. The second kappa shape index (κ2) is 4.60. The topological polar surface area (TPSA) is 57.5 Å². The van der Waals surface area contributed by atoms with Gasteiger partial charge in [-0.1, -0.05) is 26.2 Å². The van der Waals surface area contributed by atoms with E-state index >= 15 is 0 Å². The van der Waals surface area contributed by atoms with E-state index in [1.807, 2.05) is 0 Å². The Bertz CT molecular complexity index is 294. The highest BCUT2D eigenvalue weighted by Crippen LogP contribution is 2.50. The van der Waals surface area contributed by atoms with Gasteiger partial charge in [-0.25, -0.2) is 0 Å². The SMILES string of the molecule is CCC1CCC(CC2(O)CCCC2)(C(=O)O)C1. The molecule has 2 saturated carbocycles. The van der Waals surface area contributed by atoms with E-state index < -0.39 is 17.0 Å². The van der Waals surface area contributed by atoms with Gasteiger partial charge in [0.25, 0.3) is 0 Å². The Morgan fingerprint density at radius 1 is 1.29 bits per heavy atom. The van der Waals surface area contributed by atoms with E-state index in [9.17, 15) is 15.0 Å². The first-order valence-corrected chi connectivity index (χ1v) is 6.95. The number of aliphatic hydroxyl groups is 1. The van der Waals surface area contributed by atoms with Gasteiger partial charge in [-0.3, -0.25) is 4.79 Å². The minimum atomic E-state index is -0.693. The Kier molecular flexibility index (Phi) is 3.48. The van der Waals surface area contributed by atoms with Gasteiger partial charge in [0.1, 0.15) is 0 Å². The van der Waals surface area contributed by atoms with Crippen molar-refractivity contribution in [2.75, 3.05) is 0 Å². The lowest BCUT2D eigenvalue weighted by Gasteiger charge is -2.33. The molecule has 2 fully saturated rings. The molecule has 0 aromatic heterocycles. The molecule has 0 radical (unpaired) electrons. The smallest absolute Gasteiger partial charge is 0.309 e. The van der Waals surface area contributed by atoms with Crippen LogP contribution in [0.2, 0.25) is 0 Å². The van der Waals surface area contributed by atoms with Crippen LogP contribution in [0, 0.1) is 11.3 Å². The molecule has 0 bridgehead atoms.